The lowest BCUT2D eigenvalue weighted by molar-refractivity contribution is 1.53. The molecule has 0 saturated carbocycles. The number of nitrogens with one attached hydrogen (secondary N) is 2. The summed E-state index contributed by atoms with van der Waals surface area (Å²) in [5.41, 5.74) is 9.33. The Balaban J connectivity index is 0.000000158. The Labute approximate surface area is 239 Å². The summed E-state index contributed by atoms with van der Waals surface area (Å²) in [5, 5.41) is 6.77. The van der Waals surface area contributed by atoms with Crippen LogP contribution in [0.2, 0.25) is 0 Å². The van der Waals surface area contributed by atoms with Crippen LogP contribution in [0.5, 0.6) is 0 Å². The first-order valence-electron chi connectivity index (χ1n) is 12.9. The average molecular weight is 570 g/mol. The van der Waals surface area contributed by atoms with E-state index in [2.05, 4.69) is 148 Å². The Morgan fingerprint density at radius 1 is 0.282 bits per heavy atom. The third kappa shape index (κ3) is 7.70. The van der Waals surface area contributed by atoms with Crippen molar-refractivity contribution in [2.45, 2.75) is 0 Å². The minimum absolute atomic E-state index is 1.08. The number of benzene rings is 6. The Bertz CT molecular complexity index is 1550. The van der Waals surface area contributed by atoms with E-state index in [1.807, 2.05) is 42.5 Å². The van der Waals surface area contributed by atoms with E-state index >= 15 is 0 Å². The molecule has 0 spiro atoms. The summed E-state index contributed by atoms with van der Waals surface area (Å²) in [5.74, 6) is 0. The van der Waals surface area contributed by atoms with Gasteiger partial charge in [0.05, 0.1) is 0 Å². The van der Waals surface area contributed by atoms with Crippen LogP contribution in [0.4, 0.5) is 22.7 Å². The van der Waals surface area contributed by atoms with E-state index in [9.17, 15) is 0 Å². The number of hydrogen-bond donors (Lipinski definition) is 2. The van der Waals surface area contributed by atoms with Crippen molar-refractivity contribution in [1.82, 2.24) is 0 Å². The van der Waals surface area contributed by atoms with E-state index in [0.29, 0.717) is 0 Å². The van der Waals surface area contributed by atoms with E-state index in [0.717, 1.165) is 27.2 Å². The van der Waals surface area contributed by atoms with Crippen LogP contribution in [0.15, 0.2) is 168 Å². The SMILES string of the molecule is Brc1ccc(Nc2ccc(-c3ccccc3)cc2)cc1.c1ccc(Nc2ccc(-c3ccccc3)cc2)cc1. The fourth-order valence-corrected chi connectivity index (χ4v) is 4.41. The van der Waals surface area contributed by atoms with Crippen LogP contribution < -0.4 is 10.6 Å². The maximum Gasteiger partial charge on any atom is 0.0384 e. The second kappa shape index (κ2) is 13.3. The average Bonchev–Trinajstić information content (AvgIpc) is 3.01. The van der Waals surface area contributed by atoms with Gasteiger partial charge in [-0.15, -0.1) is 0 Å². The Morgan fingerprint density at radius 2 is 0.564 bits per heavy atom. The molecule has 2 nitrogen and oxygen atoms in total. The molecule has 0 aliphatic carbocycles. The zero-order valence-corrected chi connectivity index (χ0v) is 23.1. The summed E-state index contributed by atoms with van der Waals surface area (Å²) in [6.07, 6.45) is 0. The van der Waals surface area contributed by atoms with E-state index < -0.39 is 0 Å². The van der Waals surface area contributed by atoms with Crippen molar-refractivity contribution >= 4 is 38.7 Å². The lowest BCUT2D eigenvalue weighted by Crippen LogP contribution is -1.89. The standard InChI is InChI=1S/C18H14BrN.C18H15N/c19-16-8-12-18(13-9-16)20-17-10-6-15(7-11-17)14-4-2-1-3-5-14;1-3-7-15(8-4-1)16-11-13-18(14-12-16)19-17-9-5-2-6-10-17/h1-13,20H;1-14,19H. The van der Waals surface area contributed by atoms with Crippen LogP contribution in [-0.2, 0) is 0 Å². The van der Waals surface area contributed by atoms with E-state index in [1.54, 1.807) is 0 Å². The van der Waals surface area contributed by atoms with Gasteiger partial charge in [0.15, 0.2) is 0 Å². The molecule has 0 aromatic heterocycles. The van der Waals surface area contributed by atoms with Gasteiger partial charge >= 0.3 is 0 Å². The molecule has 2 N–H and O–H groups in total. The van der Waals surface area contributed by atoms with Gasteiger partial charge in [0.2, 0.25) is 0 Å². The lowest BCUT2D eigenvalue weighted by atomic mass is 10.1. The topological polar surface area (TPSA) is 24.1 Å². The molecule has 6 aromatic carbocycles. The van der Waals surface area contributed by atoms with Crippen molar-refractivity contribution in [3.63, 3.8) is 0 Å². The molecule has 0 radical (unpaired) electrons. The normalized spacial score (nSPS) is 10.2. The summed E-state index contributed by atoms with van der Waals surface area (Å²) in [6.45, 7) is 0. The third-order valence-corrected chi connectivity index (χ3v) is 6.71. The van der Waals surface area contributed by atoms with Crippen molar-refractivity contribution in [1.29, 1.82) is 0 Å². The first kappa shape index (κ1) is 26.0. The van der Waals surface area contributed by atoms with Gasteiger partial charge in [-0.25, -0.2) is 0 Å². The van der Waals surface area contributed by atoms with Crippen molar-refractivity contribution < 1.29 is 0 Å². The van der Waals surface area contributed by atoms with Crippen LogP contribution in [0, 0.1) is 0 Å². The first-order chi connectivity index (χ1) is 19.2. The van der Waals surface area contributed by atoms with Gasteiger partial charge in [0.25, 0.3) is 0 Å². The quantitative estimate of drug-likeness (QED) is 0.209. The Kier molecular flexibility index (Phi) is 8.86. The summed E-state index contributed by atoms with van der Waals surface area (Å²) in [4.78, 5) is 0. The first-order valence-corrected chi connectivity index (χ1v) is 13.7. The number of anilines is 4. The van der Waals surface area contributed by atoms with Gasteiger partial charge < -0.3 is 10.6 Å². The molecule has 39 heavy (non-hydrogen) atoms. The zero-order chi connectivity index (χ0) is 26.7. The monoisotopic (exact) mass is 568 g/mol. The second-order valence-electron chi connectivity index (χ2n) is 9.01. The van der Waals surface area contributed by atoms with Crippen LogP contribution in [-0.4, -0.2) is 0 Å². The summed E-state index contributed by atoms with van der Waals surface area (Å²) in [7, 11) is 0. The predicted octanol–water partition coefficient (Wildman–Crippen LogP) is 11.0. The third-order valence-electron chi connectivity index (χ3n) is 6.18. The van der Waals surface area contributed by atoms with Crippen molar-refractivity contribution in [3.8, 4) is 22.3 Å². The van der Waals surface area contributed by atoms with Gasteiger partial charge in [-0.1, -0.05) is 119 Å². The van der Waals surface area contributed by atoms with E-state index in [-0.39, 0.29) is 0 Å². The minimum atomic E-state index is 1.08. The Morgan fingerprint density at radius 3 is 0.949 bits per heavy atom. The molecule has 0 bridgehead atoms. The van der Waals surface area contributed by atoms with Crippen LogP contribution in [0.3, 0.4) is 0 Å². The van der Waals surface area contributed by atoms with Crippen molar-refractivity contribution in [2.75, 3.05) is 10.6 Å². The van der Waals surface area contributed by atoms with Gasteiger partial charge in [-0.2, -0.15) is 0 Å². The Hall–Kier alpha value is -4.60. The van der Waals surface area contributed by atoms with Gasteiger partial charge in [0, 0.05) is 27.2 Å². The van der Waals surface area contributed by atoms with Crippen LogP contribution in [0.25, 0.3) is 22.3 Å². The number of hydrogen-bond acceptors (Lipinski definition) is 2. The zero-order valence-electron chi connectivity index (χ0n) is 21.5. The molecule has 0 amide bonds. The van der Waals surface area contributed by atoms with Crippen molar-refractivity contribution in [3.05, 3.63) is 168 Å². The summed E-state index contributed by atoms with van der Waals surface area (Å²) in [6, 6.07) is 56.1. The smallest absolute Gasteiger partial charge is 0.0384 e. The minimum Gasteiger partial charge on any atom is -0.356 e. The molecule has 0 unspecified atom stereocenters. The van der Waals surface area contributed by atoms with Gasteiger partial charge in [-0.05, 0) is 82.9 Å². The van der Waals surface area contributed by atoms with Gasteiger partial charge in [-0.3, -0.25) is 0 Å². The molecule has 6 rings (SSSR count). The molecule has 0 aliphatic rings. The highest BCUT2D eigenvalue weighted by molar-refractivity contribution is 9.10. The molecular weight excluding hydrogens is 540 g/mol. The largest absolute Gasteiger partial charge is 0.356 e. The maximum absolute atomic E-state index is 3.44. The van der Waals surface area contributed by atoms with Crippen LogP contribution >= 0.6 is 15.9 Å². The number of halogens is 1. The van der Waals surface area contributed by atoms with Crippen molar-refractivity contribution in [2.24, 2.45) is 0 Å². The molecule has 6 aromatic rings. The lowest BCUT2D eigenvalue weighted by Gasteiger charge is -2.08. The summed E-state index contributed by atoms with van der Waals surface area (Å²) >= 11 is 3.44. The van der Waals surface area contributed by atoms with E-state index in [1.165, 1.54) is 22.3 Å². The summed E-state index contributed by atoms with van der Waals surface area (Å²) < 4.78 is 1.09. The highest BCUT2D eigenvalue weighted by Crippen LogP contribution is 2.25. The van der Waals surface area contributed by atoms with E-state index in [4.69, 9.17) is 0 Å². The predicted molar refractivity (Wildman–Crippen MR) is 171 cm³/mol. The molecule has 190 valence electrons. The number of rotatable bonds is 6. The number of para-hydroxylation sites is 1. The molecule has 0 fully saturated rings. The molecule has 0 saturated heterocycles. The second-order valence-corrected chi connectivity index (χ2v) is 9.93. The molecular formula is C36H29BrN2. The highest BCUT2D eigenvalue weighted by atomic mass is 79.9. The van der Waals surface area contributed by atoms with Crippen LogP contribution in [0.1, 0.15) is 0 Å². The molecule has 0 heterocycles. The molecule has 0 aliphatic heterocycles. The maximum atomic E-state index is 3.44. The fourth-order valence-electron chi connectivity index (χ4n) is 4.14. The molecule has 3 heteroatoms. The molecule has 0 atom stereocenters. The highest BCUT2D eigenvalue weighted by Gasteiger charge is 1.99. The van der Waals surface area contributed by atoms with Gasteiger partial charge in [0.1, 0.15) is 0 Å². The fraction of sp³-hybridized carbons (Fsp3) is 0.